The predicted octanol–water partition coefficient (Wildman–Crippen LogP) is 3.73. The van der Waals surface area contributed by atoms with Crippen LogP contribution in [0, 0.1) is 13.8 Å². The molecule has 0 amide bonds. The molecule has 0 radical (unpaired) electrons. The molecule has 0 saturated heterocycles. The minimum atomic E-state index is 0.449. The molecular formula is C20H23N5O2. The van der Waals surface area contributed by atoms with E-state index in [-0.39, 0.29) is 0 Å². The van der Waals surface area contributed by atoms with Gasteiger partial charge in [-0.05, 0) is 49.2 Å². The van der Waals surface area contributed by atoms with Crippen LogP contribution in [-0.2, 0) is 0 Å². The lowest BCUT2D eigenvalue weighted by Crippen LogP contribution is -2.14. The van der Waals surface area contributed by atoms with Gasteiger partial charge < -0.3 is 20.1 Å². The summed E-state index contributed by atoms with van der Waals surface area (Å²) in [6.45, 7) is 5.14. The van der Waals surface area contributed by atoms with Crippen LogP contribution in [0.1, 0.15) is 11.1 Å². The summed E-state index contributed by atoms with van der Waals surface area (Å²) >= 11 is 0. The molecule has 27 heavy (non-hydrogen) atoms. The summed E-state index contributed by atoms with van der Waals surface area (Å²) in [6.07, 6.45) is 1.60. The van der Waals surface area contributed by atoms with E-state index < -0.39 is 0 Å². The van der Waals surface area contributed by atoms with Crippen LogP contribution < -0.4 is 20.1 Å². The highest BCUT2D eigenvalue weighted by Gasteiger charge is 2.05. The van der Waals surface area contributed by atoms with E-state index >= 15 is 0 Å². The zero-order valence-electron chi connectivity index (χ0n) is 15.7. The van der Waals surface area contributed by atoms with E-state index in [4.69, 9.17) is 9.47 Å². The third-order valence-electron chi connectivity index (χ3n) is 4.01. The maximum absolute atomic E-state index is 5.67. The number of ether oxygens (including phenoxy) is 2. The number of benzene rings is 2. The predicted molar refractivity (Wildman–Crippen MR) is 106 cm³/mol. The van der Waals surface area contributed by atoms with Crippen molar-refractivity contribution in [2.45, 2.75) is 13.8 Å². The number of nitrogens with one attached hydrogen (secondary N) is 2. The Hall–Kier alpha value is -3.35. The lowest BCUT2D eigenvalue weighted by molar-refractivity contribution is 0.331. The minimum absolute atomic E-state index is 0.449. The van der Waals surface area contributed by atoms with Crippen LogP contribution >= 0.6 is 0 Å². The first-order valence-corrected chi connectivity index (χ1v) is 8.69. The Morgan fingerprint density at radius 2 is 1.67 bits per heavy atom. The number of para-hydroxylation sites is 1. The molecule has 0 fully saturated rings. The van der Waals surface area contributed by atoms with Crippen molar-refractivity contribution in [1.82, 2.24) is 15.2 Å². The summed E-state index contributed by atoms with van der Waals surface area (Å²) in [5, 5.41) is 14.4. The Labute approximate surface area is 158 Å². The Bertz CT molecular complexity index is 864. The molecule has 7 nitrogen and oxygen atoms in total. The number of hydrogen-bond donors (Lipinski definition) is 2. The maximum Gasteiger partial charge on any atom is 0.244 e. The van der Waals surface area contributed by atoms with Crippen molar-refractivity contribution in [2.24, 2.45) is 0 Å². The third kappa shape index (κ3) is 5.07. The monoisotopic (exact) mass is 365 g/mol. The number of methoxy groups -OCH3 is 1. The molecule has 1 heterocycles. The number of anilines is 3. The quantitative estimate of drug-likeness (QED) is 0.589. The van der Waals surface area contributed by atoms with Crippen LogP contribution in [0.25, 0.3) is 0 Å². The highest BCUT2D eigenvalue weighted by Crippen LogP contribution is 2.23. The van der Waals surface area contributed by atoms with Crippen LogP contribution in [0.3, 0.4) is 0 Å². The van der Waals surface area contributed by atoms with Gasteiger partial charge in [0, 0.05) is 5.69 Å². The first-order valence-electron chi connectivity index (χ1n) is 8.69. The lowest BCUT2D eigenvalue weighted by atomic mass is 10.1. The van der Waals surface area contributed by atoms with Crippen molar-refractivity contribution in [1.29, 1.82) is 0 Å². The number of hydrogen-bond acceptors (Lipinski definition) is 7. The van der Waals surface area contributed by atoms with Crippen molar-refractivity contribution in [3.05, 3.63) is 59.8 Å². The van der Waals surface area contributed by atoms with E-state index in [2.05, 4.69) is 51.8 Å². The molecule has 0 aliphatic heterocycles. The van der Waals surface area contributed by atoms with Crippen molar-refractivity contribution < 1.29 is 9.47 Å². The van der Waals surface area contributed by atoms with Gasteiger partial charge in [-0.3, -0.25) is 0 Å². The summed E-state index contributed by atoms with van der Waals surface area (Å²) < 4.78 is 10.8. The zero-order chi connectivity index (χ0) is 19.1. The van der Waals surface area contributed by atoms with Gasteiger partial charge in [0.25, 0.3) is 0 Å². The molecule has 2 N–H and O–H groups in total. The Morgan fingerprint density at radius 1 is 0.963 bits per heavy atom. The molecule has 0 atom stereocenters. The number of nitrogens with zero attached hydrogens (tertiary/aromatic N) is 3. The molecule has 0 spiro atoms. The standard InChI is InChI=1S/C20H23N5O2/c1-14-5-4-6-15(2)19(14)23-18-13-22-25-20(24-18)21-11-12-27-17-9-7-16(26-3)8-10-17/h4-10,13H,11-12H2,1-3H3,(H2,21,23,24,25). The summed E-state index contributed by atoms with van der Waals surface area (Å²) in [5.41, 5.74) is 3.33. The van der Waals surface area contributed by atoms with Gasteiger partial charge in [-0.2, -0.15) is 10.1 Å². The van der Waals surface area contributed by atoms with Gasteiger partial charge in [-0.15, -0.1) is 5.10 Å². The van der Waals surface area contributed by atoms with Crippen LogP contribution in [-0.4, -0.2) is 35.4 Å². The Kier molecular flexibility index (Phi) is 6.04. The molecule has 7 heteroatoms. The second-order valence-electron chi connectivity index (χ2n) is 6.01. The molecule has 140 valence electrons. The fourth-order valence-corrected chi connectivity index (χ4v) is 2.58. The van der Waals surface area contributed by atoms with E-state index in [1.165, 1.54) is 0 Å². The van der Waals surface area contributed by atoms with Crippen LogP contribution in [0.15, 0.2) is 48.7 Å². The molecule has 3 rings (SSSR count). The largest absolute Gasteiger partial charge is 0.497 e. The first kappa shape index (κ1) is 18.4. The van der Waals surface area contributed by atoms with Crippen molar-refractivity contribution >= 4 is 17.5 Å². The van der Waals surface area contributed by atoms with Crippen LogP contribution in [0.4, 0.5) is 17.5 Å². The van der Waals surface area contributed by atoms with E-state index in [9.17, 15) is 0 Å². The summed E-state index contributed by atoms with van der Waals surface area (Å²) in [4.78, 5) is 4.45. The maximum atomic E-state index is 5.67. The van der Waals surface area contributed by atoms with Gasteiger partial charge in [-0.1, -0.05) is 18.2 Å². The Morgan fingerprint density at radius 3 is 2.37 bits per heavy atom. The average Bonchev–Trinajstić information content (AvgIpc) is 2.69. The van der Waals surface area contributed by atoms with Gasteiger partial charge in [-0.25, -0.2) is 0 Å². The highest BCUT2D eigenvalue weighted by molar-refractivity contribution is 5.64. The second kappa shape index (κ2) is 8.84. The lowest BCUT2D eigenvalue weighted by Gasteiger charge is -2.12. The van der Waals surface area contributed by atoms with Crippen molar-refractivity contribution in [2.75, 3.05) is 30.9 Å². The minimum Gasteiger partial charge on any atom is -0.497 e. The van der Waals surface area contributed by atoms with Crippen molar-refractivity contribution in [3.63, 3.8) is 0 Å². The van der Waals surface area contributed by atoms with Crippen LogP contribution in [0.2, 0.25) is 0 Å². The highest BCUT2D eigenvalue weighted by atomic mass is 16.5. The van der Waals surface area contributed by atoms with Gasteiger partial charge in [0.05, 0.1) is 19.9 Å². The molecule has 3 aromatic rings. The van der Waals surface area contributed by atoms with E-state index in [1.807, 2.05) is 30.3 Å². The molecule has 0 aliphatic rings. The second-order valence-corrected chi connectivity index (χ2v) is 6.01. The summed E-state index contributed by atoms with van der Waals surface area (Å²) in [7, 11) is 1.64. The average molecular weight is 365 g/mol. The summed E-state index contributed by atoms with van der Waals surface area (Å²) in [6, 6.07) is 13.6. The molecule has 0 saturated carbocycles. The van der Waals surface area contributed by atoms with Crippen molar-refractivity contribution in [3.8, 4) is 11.5 Å². The number of aryl methyl sites for hydroxylation is 2. The molecule has 1 aromatic heterocycles. The molecular weight excluding hydrogens is 342 g/mol. The third-order valence-corrected chi connectivity index (χ3v) is 4.01. The van der Waals surface area contributed by atoms with E-state index in [0.717, 1.165) is 28.3 Å². The number of rotatable bonds is 8. The summed E-state index contributed by atoms with van der Waals surface area (Å²) in [5.74, 6) is 2.67. The van der Waals surface area contributed by atoms with E-state index in [1.54, 1.807) is 13.3 Å². The fraction of sp³-hybridized carbons (Fsp3) is 0.250. The smallest absolute Gasteiger partial charge is 0.244 e. The molecule has 0 unspecified atom stereocenters. The van der Waals surface area contributed by atoms with Crippen LogP contribution in [0.5, 0.6) is 11.5 Å². The SMILES string of the molecule is COc1ccc(OCCNc2nncc(Nc3c(C)cccc3C)n2)cc1. The Balaban J connectivity index is 1.53. The zero-order valence-corrected chi connectivity index (χ0v) is 15.7. The normalized spacial score (nSPS) is 10.3. The number of aromatic nitrogens is 3. The van der Waals surface area contributed by atoms with Gasteiger partial charge in [0.1, 0.15) is 18.1 Å². The van der Waals surface area contributed by atoms with Gasteiger partial charge >= 0.3 is 0 Å². The fourth-order valence-electron chi connectivity index (χ4n) is 2.58. The van der Waals surface area contributed by atoms with Gasteiger partial charge in [0.15, 0.2) is 5.82 Å². The van der Waals surface area contributed by atoms with E-state index in [0.29, 0.717) is 24.9 Å². The first-order chi connectivity index (χ1) is 13.2. The molecule has 2 aromatic carbocycles. The molecule has 0 bridgehead atoms. The van der Waals surface area contributed by atoms with Gasteiger partial charge in [0.2, 0.25) is 5.95 Å². The topological polar surface area (TPSA) is 81.2 Å². The molecule has 0 aliphatic carbocycles.